The number of halogens is 2. The quantitative estimate of drug-likeness (QED) is 0.247. The molecule has 3 atom stereocenters. The molecule has 0 saturated carbocycles. The van der Waals surface area contributed by atoms with Gasteiger partial charge in [-0.25, -0.2) is 9.18 Å². The van der Waals surface area contributed by atoms with Gasteiger partial charge in [0.15, 0.2) is 17.2 Å². The zero-order valence-electron chi connectivity index (χ0n) is 22.3. The van der Waals surface area contributed by atoms with E-state index in [2.05, 4.69) is 4.98 Å². The minimum atomic E-state index is -1.43. The molecule has 210 valence electrons. The Bertz CT molecular complexity index is 949. The average molecular weight is 546 g/mol. The van der Waals surface area contributed by atoms with Crippen molar-refractivity contribution in [2.24, 2.45) is 11.8 Å². The molecule has 0 radical (unpaired) electrons. The number of nitrogen functional groups attached to an aromatic ring is 1. The molecule has 11 heteroatoms. The number of nitrogens with zero attached hydrogens (tertiary/aromatic N) is 2. The molecule has 1 saturated heterocycles. The van der Waals surface area contributed by atoms with Crippen LogP contribution in [-0.2, 0) is 23.8 Å². The molecule has 0 amide bonds. The summed E-state index contributed by atoms with van der Waals surface area (Å²) in [4.78, 5) is 42.0. The van der Waals surface area contributed by atoms with Crippen LogP contribution < -0.4 is 11.4 Å². The highest BCUT2D eigenvalue weighted by Gasteiger charge is 2.53. The third kappa shape index (κ3) is 7.89. The largest absolute Gasteiger partial charge is 0.462 e. The second-order valence-corrected chi connectivity index (χ2v) is 10.0. The molecule has 0 aliphatic carbocycles. The predicted octanol–water partition coefficient (Wildman–Crippen LogP) is 4.75. The first kappa shape index (κ1) is 31.0. The summed E-state index contributed by atoms with van der Waals surface area (Å²) >= 11 is 6.37. The minimum absolute atomic E-state index is 0.000720. The molecule has 2 rings (SSSR count). The van der Waals surface area contributed by atoms with Crippen molar-refractivity contribution in [3.05, 3.63) is 22.5 Å². The Hall–Kier alpha value is -2.20. The van der Waals surface area contributed by atoms with Gasteiger partial charge in [-0.3, -0.25) is 14.2 Å². The van der Waals surface area contributed by atoms with E-state index in [1.54, 1.807) is 0 Å². The van der Waals surface area contributed by atoms with Crippen LogP contribution in [0.15, 0.2) is 11.0 Å². The van der Waals surface area contributed by atoms with Crippen molar-refractivity contribution in [3.63, 3.8) is 0 Å². The van der Waals surface area contributed by atoms with Crippen LogP contribution >= 0.6 is 11.6 Å². The van der Waals surface area contributed by atoms with Crippen LogP contribution in [0.25, 0.3) is 0 Å². The van der Waals surface area contributed by atoms with Crippen molar-refractivity contribution in [1.82, 2.24) is 9.55 Å². The fraction of sp³-hybridized carbons (Fsp3) is 0.769. The van der Waals surface area contributed by atoms with Crippen molar-refractivity contribution in [3.8, 4) is 0 Å². The van der Waals surface area contributed by atoms with Crippen molar-refractivity contribution in [1.29, 1.82) is 0 Å². The monoisotopic (exact) mass is 545 g/mol. The highest BCUT2D eigenvalue weighted by atomic mass is 35.5. The summed E-state index contributed by atoms with van der Waals surface area (Å²) in [6, 6.07) is 0. The molecule has 0 spiro atoms. The number of hydrogen-bond donors (Lipinski definition) is 1. The molecule has 2 N–H and O–H groups in total. The molecular formula is C26H41ClFN3O6. The number of rotatable bonds is 15. The first-order valence-electron chi connectivity index (χ1n) is 13.3. The Morgan fingerprint density at radius 2 is 1.68 bits per heavy atom. The Labute approximate surface area is 223 Å². The predicted molar refractivity (Wildman–Crippen MR) is 139 cm³/mol. The normalized spacial score (nSPS) is 21.5. The fourth-order valence-corrected chi connectivity index (χ4v) is 5.08. The number of esters is 2. The Morgan fingerprint density at radius 1 is 1.14 bits per heavy atom. The Kier molecular flexibility index (Phi) is 12.3. The van der Waals surface area contributed by atoms with Crippen molar-refractivity contribution < 1.29 is 28.2 Å². The van der Waals surface area contributed by atoms with Crippen molar-refractivity contribution in [2.75, 3.05) is 18.2 Å². The number of aromatic nitrogens is 2. The van der Waals surface area contributed by atoms with Gasteiger partial charge in [-0.2, -0.15) is 4.98 Å². The molecule has 2 heterocycles. The van der Waals surface area contributed by atoms with Crippen molar-refractivity contribution in [2.45, 2.75) is 103 Å². The number of ether oxygens (including phenoxy) is 3. The lowest BCUT2D eigenvalue weighted by atomic mass is 9.96. The molecule has 9 nitrogen and oxygen atoms in total. The summed E-state index contributed by atoms with van der Waals surface area (Å²) in [5.74, 6) is -2.95. The summed E-state index contributed by atoms with van der Waals surface area (Å²) in [6.45, 7) is 7.70. The van der Waals surface area contributed by atoms with Gasteiger partial charge in [-0.15, -0.1) is 11.6 Å². The van der Waals surface area contributed by atoms with Gasteiger partial charge in [0.05, 0.1) is 23.9 Å². The van der Waals surface area contributed by atoms with E-state index >= 15 is 0 Å². The SMILES string of the molecule is CCCC(CCC)C(=O)OC[C@@]1(CCl)O[C@@H](n2cc(F)c(N)nc2=O)C[C@@H]1OC(=O)C(CCC)CCC. The highest BCUT2D eigenvalue weighted by molar-refractivity contribution is 6.18. The summed E-state index contributed by atoms with van der Waals surface area (Å²) in [7, 11) is 0. The number of anilines is 1. The van der Waals surface area contributed by atoms with E-state index in [4.69, 9.17) is 31.5 Å². The van der Waals surface area contributed by atoms with Crippen LogP contribution in [-0.4, -0.2) is 45.7 Å². The topological polar surface area (TPSA) is 123 Å². The molecule has 1 aromatic heterocycles. The third-order valence-corrected chi connectivity index (χ3v) is 7.23. The summed E-state index contributed by atoms with van der Waals surface area (Å²) < 4.78 is 32.9. The van der Waals surface area contributed by atoms with Gasteiger partial charge < -0.3 is 19.9 Å². The second-order valence-electron chi connectivity index (χ2n) is 9.75. The molecule has 37 heavy (non-hydrogen) atoms. The lowest BCUT2D eigenvalue weighted by Crippen LogP contribution is -2.49. The lowest BCUT2D eigenvalue weighted by molar-refractivity contribution is -0.178. The van der Waals surface area contributed by atoms with E-state index in [-0.39, 0.29) is 36.7 Å². The number of carbonyl (C=O) groups is 2. The Morgan fingerprint density at radius 3 is 2.19 bits per heavy atom. The first-order valence-corrected chi connectivity index (χ1v) is 13.8. The lowest BCUT2D eigenvalue weighted by Gasteiger charge is -2.32. The van der Waals surface area contributed by atoms with E-state index in [1.165, 1.54) is 0 Å². The van der Waals surface area contributed by atoms with Crippen LogP contribution in [0.5, 0.6) is 0 Å². The van der Waals surface area contributed by atoms with Crippen LogP contribution in [0, 0.1) is 17.7 Å². The average Bonchev–Trinajstić information content (AvgIpc) is 3.22. The van der Waals surface area contributed by atoms with E-state index in [1.807, 2.05) is 27.7 Å². The van der Waals surface area contributed by atoms with Crippen LogP contribution in [0.3, 0.4) is 0 Å². The van der Waals surface area contributed by atoms with Gasteiger partial charge in [0, 0.05) is 6.42 Å². The summed E-state index contributed by atoms with van der Waals surface area (Å²) in [6.07, 6.45) is 4.88. The maximum absolute atomic E-state index is 14.2. The third-order valence-electron chi connectivity index (χ3n) is 6.78. The van der Waals surface area contributed by atoms with E-state index in [0.717, 1.165) is 36.4 Å². The molecule has 1 aromatic rings. The molecule has 0 aromatic carbocycles. The number of carbonyl (C=O) groups excluding carboxylic acids is 2. The molecule has 1 fully saturated rings. The summed E-state index contributed by atoms with van der Waals surface area (Å²) in [5.41, 5.74) is 3.17. The number of hydrogen-bond acceptors (Lipinski definition) is 8. The van der Waals surface area contributed by atoms with Gasteiger partial charge in [-0.1, -0.05) is 53.4 Å². The molecule has 1 aliphatic rings. The smallest absolute Gasteiger partial charge is 0.351 e. The van der Waals surface area contributed by atoms with Gasteiger partial charge in [0.25, 0.3) is 0 Å². The maximum Gasteiger partial charge on any atom is 0.351 e. The number of nitrogens with two attached hydrogens (primary N) is 1. The van der Waals surface area contributed by atoms with Gasteiger partial charge >= 0.3 is 17.6 Å². The summed E-state index contributed by atoms with van der Waals surface area (Å²) in [5, 5.41) is 0. The molecule has 0 unspecified atom stereocenters. The Balaban J connectivity index is 2.36. The van der Waals surface area contributed by atoms with E-state index in [9.17, 15) is 18.8 Å². The van der Waals surface area contributed by atoms with E-state index in [0.29, 0.717) is 25.7 Å². The maximum atomic E-state index is 14.2. The molecule has 1 aliphatic heterocycles. The standard InChI is InChI=1S/C26H41ClFN3O6/c1-5-9-17(10-6-2)23(32)35-16-26(15-27)20(36-24(33)18(11-7-3)12-8-4)13-21(37-26)31-14-19(28)22(29)30-25(31)34/h14,17-18,20-21H,5-13,15-16H2,1-4H3,(H2,29,30,34)/t20-,21+,26+/m0/s1. The first-order chi connectivity index (χ1) is 17.7. The van der Waals surface area contributed by atoms with Gasteiger partial charge in [0.1, 0.15) is 18.9 Å². The van der Waals surface area contributed by atoms with Crippen LogP contribution in [0.1, 0.15) is 91.7 Å². The second kappa shape index (κ2) is 14.7. The number of alkyl halides is 1. The fourth-order valence-electron chi connectivity index (χ4n) is 4.77. The van der Waals surface area contributed by atoms with Gasteiger partial charge in [0.2, 0.25) is 0 Å². The molecular weight excluding hydrogens is 505 g/mol. The minimum Gasteiger partial charge on any atom is -0.462 e. The van der Waals surface area contributed by atoms with E-state index < -0.39 is 41.2 Å². The molecule has 0 bridgehead atoms. The van der Waals surface area contributed by atoms with Crippen LogP contribution in [0.4, 0.5) is 10.2 Å². The zero-order chi connectivity index (χ0) is 27.6. The van der Waals surface area contributed by atoms with Gasteiger partial charge in [-0.05, 0) is 25.7 Å². The highest BCUT2D eigenvalue weighted by Crippen LogP contribution is 2.40. The van der Waals surface area contributed by atoms with Crippen molar-refractivity contribution >= 4 is 29.4 Å². The van der Waals surface area contributed by atoms with Crippen LogP contribution in [0.2, 0.25) is 0 Å². The zero-order valence-corrected chi connectivity index (χ0v) is 23.1.